The molecule has 0 aliphatic rings. The summed E-state index contributed by atoms with van der Waals surface area (Å²) in [5, 5.41) is 0. The minimum Gasteiger partial charge on any atom is -0.311 e. The van der Waals surface area contributed by atoms with Gasteiger partial charge in [-0.05, 0) is 73.5 Å². The number of anilines is 3. The Bertz CT molecular complexity index is 1000. The van der Waals surface area contributed by atoms with E-state index >= 15 is 0 Å². The zero-order valence-corrected chi connectivity index (χ0v) is 19.6. The van der Waals surface area contributed by atoms with Crippen molar-refractivity contribution in [2.24, 2.45) is 0 Å². The molecule has 0 N–H and O–H groups in total. The van der Waals surface area contributed by atoms with Crippen LogP contribution in [0.2, 0.25) is 0 Å². The fourth-order valence-electron chi connectivity index (χ4n) is 3.28. The molecule has 0 spiro atoms. The van der Waals surface area contributed by atoms with E-state index in [1.165, 1.54) is 22.3 Å². The van der Waals surface area contributed by atoms with Crippen LogP contribution < -0.4 is 4.90 Å². The lowest BCUT2D eigenvalue weighted by Crippen LogP contribution is -2.09. The maximum atomic E-state index is 3.50. The number of hydrogen-bond acceptors (Lipinski definition) is 1. The Morgan fingerprint density at radius 2 is 0.767 bits per heavy atom. The summed E-state index contributed by atoms with van der Waals surface area (Å²) in [5.41, 5.74) is 8.41. The van der Waals surface area contributed by atoms with Crippen molar-refractivity contribution in [3.05, 3.63) is 113 Å². The van der Waals surface area contributed by atoms with Gasteiger partial charge < -0.3 is 4.90 Å². The molecule has 0 radical (unpaired) electrons. The van der Waals surface area contributed by atoms with Crippen LogP contribution in [0, 0.1) is 13.8 Å². The van der Waals surface area contributed by atoms with Gasteiger partial charge >= 0.3 is 0 Å². The summed E-state index contributed by atoms with van der Waals surface area (Å²) in [6, 6.07) is 34.5. The van der Waals surface area contributed by atoms with Gasteiger partial charge in [-0.3, -0.25) is 0 Å². The van der Waals surface area contributed by atoms with Crippen molar-refractivity contribution in [1.29, 1.82) is 0 Å². The van der Waals surface area contributed by atoms with E-state index in [4.69, 9.17) is 0 Å². The summed E-state index contributed by atoms with van der Waals surface area (Å²) in [6.07, 6.45) is 0. The molecular formula is C28H28BrN. The summed E-state index contributed by atoms with van der Waals surface area (Å²) in [6.45, 7) is 8.24. The van der Waals surface area contributed by atoms with Crippen molar-refractivity contribution in [3.8, 4) is 11.1 Å². The number of rotatable bonds is 4. The molecule has 0 bridgehead atoms. The van der Waals surface area contributed by atoms with Gasteiger partial charge in [0.05, 0.1) is 0 Å². The molecule has 0 saturated heterocycles. The first-order chi connectivity index (χ1) is 14.6. The Hall–Kier alpha value is -2.84. The molecule has 4 aromatic rings. The Balaban J connectivity index is 0.00000124. The average molecular weight is 458 g/mol. The molecule has 2 heteroatoms. The molecule has 0 aromatic heterocycles. The Morgan fingerprint density at radius 3 is 1.13 bits per heavy atom. The largest absolute Gasteiger partial charge is 0.311 e. The normalized spacial score (nSPS) is 10.2. The maximum Gasteiger partial charge on any atom is 0.0462 e. The van der Waals surface area contributed by atoms with Crippen molar-refractivity contribution in [2.45, 2.75) is 27.7 Å². The van der Waals surface area contributed by atoms with Gasteiger partial charge in [-0.15, -0.1) is 0 Å². The summed E-state index contributed by atoms with van der Waals surface area (Å²) in [4.78, 5) is 2.30. The highest BCUT2D eigenvalue weighted by Crippen LogP contribution is 2.35. The summed E-state index contributed by atoms with van der Waals surface area (Å²) < 4.78 is 1.10. The second-order valence-corrected chi connectivity index (χ2v) is 7.98. The van der Waals surface area contributed by atoms with Gasteiger partial charge in [-0.1, -0.05) is 89.4 Å². The van der Waals surface area contributed by atoms with Crippen LogP contribution in [-0.2, 0) is 0 Å². The van der Waals surface area contributed by atoms with Gasteiger partial charge in [0.15, 0.2) is 0 Å². The molecule has 0 aliphatic heterocycles. The minimum absolute atomic E-state index is 1.10. The lowest BCUT2D eigenvalue weighted by molar-refractivity contribution is 1.27. The second-order valence-electron chi connectivity index (χ2n) is 7.06. The van der Waals surface area contributed by atoms with Crippen molar-refractivity contribution in [1.82, 2.24) is 0 Å². The van der Waals surface area contributed by atoms with Crippen molar-refractivity contribution < 1.29 is 0 Å². The van der Waals surface area contributed by atoms with Crippen LogP contribution in [0.25, 0.3) is 11.1 Å². The van der Waals surface area contributed by atoms with Gasteiger partial charge in [0, 0.05) is 21.5 Å². The third-order valence-corrected chi connectivity index (χ3v) is 5.42. The summed E-state index contributed by atoms with van der Waals surface area (Å²) in [5.74, 6) is 0. The topological polar surface area (TPSA) is 3.24 Å². The van der Waals surface area contributed by atoms with Gasteiger partial charge in [0.25, 0.3) is 0 Å². The Morgan fingerprint density at radius 1 is 0.467 bits per heavy atom. The van der Waals surface area contributed by atoms with Crippen molar-refractivity contribution >= 4 is 33.0 Å². The minimum atomic E-state index is 1.10. The smallest absolute Gasteiger partial charge is 0.0462 e. The monoisotopic (exact) mass is 457 g/mol. The van der Waals surface area contributed by atoms with Gasteiger partial charge in [-0.25, -0.2) is 0 Å². The van der Waals surface area contributed by atoms with Gasteiger partial charge in [0.1, 0.15) is 0 Å². The van der Waals surface area contributed by atoms with Crippen LogP contribution >= 0.6 is 15.9 Å². The Labute approximate surface area is 189 Å². The number of nitrogens with zero attached hydrogens (tertiary/aromatic N) is 1. The van der Waals surface area contributed by atoms with Crippen LogP contribution in [0.1, 0.15) is 25.0 Å². The third-order valence-electron chi connectivity index (χ3n) is 4.89. The van der Waals surface area contributed by atoms with E-state index < -0.39 is 0 Å². The zero-order valence-electron chi connectivity index (χ0n) is 18.1. The van der Waals surface area contributed by atoms with Crippen molar-refractivity contribution in [3.63, 3.8) is 0 Å². The van der Waals surface area contributed by atoms with E-state index in [0.717, 1.165) is 21.5 Å². The highest BCUT2D eigenvalue weighted by atomic mass is 79.9. The van der Waals surface area contributed by atoms with Crippen LogP contribution in [0.5, 0.6) is 0 Å². The summed E-state index contributed by atoms with van der Waals surface area (Å²) in [7, 11) is 0. The number of aryl methyl sites for hydroxylation is 2. The number of hydrogen-bond donors (Lipinski definition) is 0. The fraction of sp³-hybridized carbons (Fsp3) is 0.143. The molecule has 0 fully saturated rings. The molecule has 0 aliphatic carbocycles. The molecule has 30 heavy (non-hydrogen) atoms. The predicted octanol–water partition coefficient (Wildman–Crippen LogP) is 9.23. The highest BCUT2D eigenvalue weighted by molar-refractivity contribution is 9.10. The van der Waals surface area contributed by atoms with E-state index in [1.807, 2.05) is 13.8 Å². The van der Waals surface area contributed by atoms with Crippen LogP contribution in [-0.4, -0.2) is 0 Å². The fourth-order valence-corrected chi connectivity index (χ4v) is 3.54. The molecule has 152 valence electrons. The lowest BCUT2D eigenvalue weighted by atomic mass is 10.0. The van der Waals surface area contributed by atoms with Gasteiger partial charge in [0.2, 0.25) is 0 Å². The molecule has 4 aromatic carbocycles. The quantitative estimate of drug-likeness (QED) is 0.295. The number of halogens is 1. The van der Waals surface area contributed by atoms with E-state index in [-0.39, 0.29) is 0 Å². The first kappa shape index (κ1) is 21.9. The average Bonchev–Trinajstić information content (AvgIpc) is 2.79. The second kappa shape index (κ2) is 10.3. The first-order valence-electron chi connectivity index (χ1n) is 10.4. The lowest BCUT2D eigenvalue weighted by Gasteiger charge is -2.26. The standard InChI is InChI=1S/C26H22BrN.C2H6/c1-19-3-13-24(14-4-19)28(25-15-5-20(2)6-16-25)26-17-9-22(10-18-26)21-7-11-23(27)12-8-21;1-2/h3-18H,1-2H3;1-2H3. The summed E-state index contributed by atoms with van der Waals surface area (Å²) >= 11 is 3.50. The van der Waals surface area contributed by atoms with Crippen LogP contribution in [0.3, 0.4) is 0 Å². The van der Waals surface area contributed by atoms with E-state index in [0.29, 0.717) is 0 Å². The molecule has 0 saturated carbocycles. The zero-order chi connectivity index (χ0) is 21.5. The molecule has 0 amide bonds. The van der Waals surface area contributed by atoms with E-state index in [1.54, 1.807) is 0 Å². The SMILES string of the molecule is CC.Cc1ccc(N(c2ccc(C)cc2)c2ccc(-c3ccc(Br)cc3)cc2)cc1. The van der Waals surface area contributed by atoms with Gasteiger partial charge in [-0.2, -0.15) is 0 Å². The Kier molecular flexibility index (Phi) is 7.48. The van der Waals surface area contributed by atoms with Crippen LogP contribution in [0.4, 0.5) is 17.1 Å². The van der Waals surface area contributed by atoms with E-state index in [9.17, 15) is 0 Å². The van der Waals surface area contributed by atoms with E-state index in [2.05, 4.69) is 132 Å². The first-order valence-corrected chi connectivity index (χ1v) is 11.2. The van der Waals surface area contributed by atoms with Crippen LogP contribution in [0.15, 0.2) is 102 Å². The maximum absolute atomic E-state index is 3.50. The third kappa shape index (κ3) is 5.20. The molecule has 0 atom stereocenters. The molecule has 4 rings (SSSR count). The molecule has 1 nitrogen and oxygen atoms in total. The molecule has 0 heterocycles. The predicted molar refractivity (Wildman–Crippen MR) is 135 cm³/mol. The number of benzene rings is 4. The highest BCUT2D eigenvalue weighted by Gasteiger charge is 2.12. The molecule has 0 unspecified atom stereocenters. The molecular weight excluding hydrogens is 430 g/mol. The van der Waals surface area contributed by atoms with Crippen molar-refractivity contribution in [2.75, 3.05) is 4.90 Å².